The molecule has 0 amide bonds. The highest BCUT2D eigenvalue weighted by Gasteiger charge is 2.22. The predicted octanol–water partition coefficient (Wildman–Crippen LogP) is 0.448. The Balaban J connectivity index is 1.85. The Morgan fingerprint density at radius 2 is 2.10 bits per heavy atom. The van der Waals surface area contributed by atoms with Gasteiger partial charge in [-0.15, -0.1) is 0 Å². The number of aliphatic carboxylic acids is 1. The lowest BCUT2D eigenvalue weighted by atomic mass is 10.3. The van der Waals surface area contributed by atoms with Crippen LogP contribution in [0.25, 0.3) is 0 Å². The van der Waals surface area contributed by atoms with E-state index in [9.17, 15) is 9.59 Å². The maximum atomic E-state index is 11.5. The fourth-order valence-corrected chi connectivity index (χ4v) is 2.12. The molecule has 8 heteroatoms. The van der Waals surface area contributed by atoms with Crippen LogP contribution < -0.4 is 4.90 Å². The molecule has 2 rings (SSSR count). The van der Waals surface area contributed by atoms with Crippen LogP contribution in [-0.4, -0.2) is 66.3 Å². The zero-order valence-corrected chi connectivity index (χ0v) is 11.9. The molecule has 0 radical (unpaired) electrons. The van der Waals surface area contributed by atoms with Crippen molar-refractivity contribution >= 4 is 18.0 Å². The molecule has 0 bridgehead atoms. The number of rotatable bonds is 6. The lowest BCUT2D eigenvalue weighted by molar-refractivity contribution is -0.137. The minimum atomic E-state index is -0.788. The molecular weight excluding hydrogens is 278 g/mol. The highest BCUT2D eigenvalue weighted by Crippen LogP contribution is 2.16. The molecule has 1 aromatic rings. The Hall–Kier alpha value is -2.09. The van der Waals surface area contributed by atoms with Crippen LogP contribution >= 0.6 is 0 Å². The van der Waals surface area contributed by atoms with Gasteiger partial charge in [0.15, 0.2) is 5.69 Å². The number of hydrogen-bond acceptors (Lipinski definition) is 7. The molecule has 0 atom stereocenters. The third-order valence-electron chi connectivity index (χ3n) is 3.26. The lowest BCUT2D eigenvalue weighted by Crippen LogP contribution is -2.47. The Bertz CT molecular complexity index is 494. The summed E-state index contributed by atoms with van der Waals surface area (Å²) in [5, 5.41) is 8.67. The molecule has 0 spiro atoms. The molecule has 1 aromatic heterocycles. The first-order valence-corrected chi connectivity index (χ1v) is 6.92. The lowest BCUT2D eigenvalue weighted by Gasteiger charge is -2.33. The summed E-state index contributed by atoms with van der Waals surface area (Å²) in [5.74, 6) is -1.28. The minimum absolute atomic E-state index is 0.145. The van der Waals surface area contributed by atoms with Gasteiger partial charge in [0.05, 0.1) is 13.0 Å². The summed E-state index contributed by atoms with van der Waals surface area (Å²) < 4.78 is 10.2. The van der Waals surface area contributed by atoms with Gasteiger partial charge in [-0.3, -0.25) is 9.69 Å². The fraction of sp³-hybridized carbons (Fsp3) is 0.615. The number of anilines is 1. The summed E-state index contributed by atoms with van der Waals surface area (Å²) in [5.41, 5.74) is 0.167. The van der Waals surface area contributed by atoms with E-state index >= 15 is 0 Å². The van der Waals surface area contributed by atoms with Gasteiger partial charge in [0.1, 0.15) is 6.26 Å². The van der Waals surface area contributed by atoms with Crippen LogP contribution in [0.4, 0.5) is 6.01 Å². The number of ether oxygens (including phenoxy) is 1. The number of aromatic nitrogens is 1. The van der Waals surface area contributed by atoms with Gasteiger partial charge in [0.2, 0.25) is 0 Å². The normalized spacial score (nSPS) is 16.0. The Morgan fingerprint density at radius 3 is 2.71 bits per heavy atom. The van der Waals surface area contributed by atoms with E-state index in [1.165, 1.54) is 6.26 Å². The van der Waals surface area contributed by atoms with Crippen LogP contribution in [0.2, 0.25) is 0 Å². The molecule has 8 nitrogen and oxygen atoms in total. The van der Waals surface area contributed by atoms with Crippen LogP contribution in [0, 0.1) is 0 Å². The van der Waals surface area contributed by atoms with Crippen molar-refractivity contribution in [3.05, 3.63) is 12.0 Å². The number of carbonyl (C=O) groups is 2. The van der Waals surface area contributed by atoms with Crippen LogP contribution in [0.5, 0.6) is 0 Å². The number of esters is 1. The highest BCUT2D eigenvalue weighted by atomic mass is 16.5. The second kappa shape index (κ2) is 7.07. The van der Waals surface area contributed by atoms with Gasteiger partial charge in [-0.2, -0.15) is 4.98 Å². The van der Waals surface area contributed by atoms with Crippen molar-refractivity contribution in [3.8, 4) is 0 Å². The summed E-state index contributed by atoms with van der Waals surface area (Å²) in [6.45, 7) is 5.42. The topological polar surface area (TPSA) is 96.1 Å². The average Bonchev–Trinajstić information content (AvgIpc) is 2.96. The van der Waals surface area contributed by atoms with Gasteiger partial charge in [-0.25, -0.2) is 4.79 Å². The first kappa shape index (κ1) is 15.3. The van der Waals surface area contributed by atoms with E-state index in [1.54, 1.807) is 6.92 Å². The van der Waals surface area contributed by atoms with E-state index < -0.39 is 11.9 Å². The van der Waals surface area contributed by atoms with Crippen molar-refractivity contribution in [3.63, 3.8) is 0 Å². The Morgan fingerprint density at radius 1 is 1.38 bits per heavy atom. The maximum absolute atomic E-state index is 11.5. The number of carboxylic acids is 1. The molecule has 1 N–H and O–H groups in total. The van der Waals surface area contributed by atoms with Crippen molar-refractivity contribution in [2.24, 2.45) is 0 Å². The minimum Gasteiger partial charge on any atom is -0.481 e. The van der Waals surface area contributed by atoms with E-state index in [0.717, 1.165) is 13.1 Å². The molecule has 1 aliphatic rings. The largest absolute Gasteiger partial charge is 0.481 e. The molecule has 0 saturated carbocycles. The van der Waals surface area contributed by atoms with Crippen LogP contribution in [-0.2, 0) is 9.53 Å². The summed E-state index contributed by atoms with van der Waals surface area (Å²) in [6, 6.07) is 0.399. The average molecular weight is 297 g/mol. The molecule has 21 heavy (non-hydrogen) atoms. The van der Waals surface area contributed by atoms with Gasteiger partial charge in [0, 0.05) is 32.7 Å². The highest BCUT2D eigenvalue weighted by molar-refractivity contribution is 5.87. The zero-order valence-electron chi connectivity index (χ0n) is 11.9. The SMILES string of the molecule is CCOC(=O)c1coc(N2CCN(CCC(=O)O)CC2)n1. The van der Waals surface area contributed by atoms with Gasteiger partial charge in [0.25, 0.3) is 6.01 Å². The number of carboxylic acid groups (broad SMARTS) is 1. The molecule has 0 unspecified atom stereocenters. The van der Waals surface area contributed by atoms with E-state index in [-0.39, 0.29) is 12.1 Å². The number of carbonyl (C=O) groups excluding carboxylic acids is 1. The maximum Gasteiger partial charge on any atom is 0.360 e. The second-order valence-electron chi connectivity index (χ2n) is 4.71. The van der Waals surface area contributed by atoms with E-state index in [2.05, 4.69) is 9.88 Å². The Kier molecular flexibility index (Phi) is 5.15. The molecular formula is C13H19N3O5. The standard InChI is InChI=1S/C13H19N3O5/c1-2-20-12(19)10-9-21-13(14-10)16-7-5-15(6-8-16)4-3-11(17)18/h9H,2-8H2,1H3,(H,17,18). The van der Waals surface area contributed by atoms with Crippen molar-refractivity contribution in [1.82, 2.24) is 9.88 Å². The van der Waals surface area contributed by atoms with Gasteiger partial charge >= 0.3 is 11.9 Å². The van der Waals surface area contributed by atoms with Crippen molar-refractivity contribution in [2.75, 3.05) is 44.2 Å². The summed E-state index contributed by atoms with van der Waals surface area (Å²) in [4.78, 5) is 30.2. The first-order chi connectivity index (χ1) is 10.1. The molecule has 1 saturated heterocycles. The van der Waals surface area contributed by atoms with Crippen LogP contribution in [0.1, 0.15) is 23.8 Å². The molecule has 1 aliphatic heterocycles. The van der Waals surface area contributed by atoms with Gasteiger partial charge < -0.3 is 19.2 Å². The van der Waals surface area contributed by atoms with Crippen molar-refractivity contribution in [2.45, 2.75) is 13.3 Å². The molecule has 2 heterocycles. The van der Waals surface area contributed by atoms with Crippen molar-refractivity contribution in [1.29, 1.82) is 0 Å². The van der Waals surface area contributed by atoms with Crippen molar-refractivity contribution < 1.29 is 23.8 Å². The summed E-state index contributed by atoms with van der Waals surface area (Å²) in [7, 11) is 0. The third kappa shape index (κ3) is 4.19. The summed E-state index contributed by atoms with van der Waals surface area (Å²) in [6.07, 6.45) is 1.44. The Labute approximate surface area is 122 Å². The van der Waals surface area contributed by atoms with E-state index in [4.69, 9.17) is 14.3 Å². The second-order valence-corrected chi connectivity index (χ2v) is 4.71. The zero-order chi connectivity index (χ0) is 15.2. The predicted molar refractivity (Wildman–Crippen MR) is 73.4 cm³/mol. The molecule has 116 valence electrons. The summed E-state index contributed by atoms with van der Waals surface area (Å²) >= 11 is 0. The monoisotopic (exact) mass is 297 g/mol. The number of hydrogen-bond donors (Lipinski definition) is 1. The molecule has 1 fully saturated rings. The first-order valence-electron chi connectivity index (χ1n) is 6.92. The molecule has 0 aromatic carbocycles. The fourth-order valence-electron chi connectivity index (χ4n) is 2.12. The van der Waals surface area contributed by atoms with E-state index in [1.807, 2.05) is 4.90 Å². The number of piperazine rings is 1. The molecule has 0 aliphatic carbocycles. The number of oxazole rings is 1. The van der Waals surface area contributed by atoms with Gasteiger partial charge in [-0.05, 0) is 6.92 Å². The van der Waals surface area contributed by atoms with Gasteiger partial charge in [-0.1, -0.05) is 0 Å². The van der Waals surface area contributed by atoms with Crippen LogP contribution in [0.15, 0.2) is 10.7 Å². The number of nitrogens with zero attached hydrogens (tertiary/aromatic N) is 3. The quantitative estimate of drug-likeness (QED) is 0.756. The smallest absolute Gasteiger partial charge is 0.360 e. The third-order valence-corrected chi connectivity index (χ3v) is 3.26. The van der Waals surface area contributed by atoms with E-state index in [0.29, 0.717) is 32.3 Å². The van der Waals surface area contributed by atoms with Crippen LogP contribution in [0.3, 0.4) is 0 Å².